The zero-order valence-electron chi connectivity index (χ0n) is 6.12. The summed E-state index contributed by atoms with van der Waals surface area (Å²) in [5.41, 5.74) is 0. The molecule has 1 rings (SSSR count). The summed E-state index contributed by atoms with van der Waals surface area (Å²) in [5, 5.41) is 2.42. The van der Waals surface area contributed by atoms with Crippen LogP contribution in [0.25, 0.3) is 0 Å². The van der Waals surface area contributed by atoms with Gasteiger partial charge in [0.1, 0.15) is 0 Å². The van der Waals surface area contributed by atoms with Crippen LogP contribution in [0.3, 0.4) is 0 Å². The number of amides is 1. The van der Waals surface area contributed by atoms with Crippen molar-refractivity contribution in [2.24, 2.45) is 0 Å². The van der Waals surface area contributed by atoms with Crippen molar-refractivity contribution in [2.45, 2.75) is 0 Å². The van der Waals surface area contributed by atoms with Gasteiger partial charge < -0.3 is 0 Å². The molecule has 0 saturated heterocycles. The first kappa shape index (κ1) is 8.86. The molecule has 0 unspecified atom stereocenters. The highest BCUT2D eigenvalue weighted by molar-refractivity contribution is 9.10. The molecule has 0 aromatic carbocycles. The number of anilines is 1. The lowest BCUT2D eigenvalue weighted by atomic mass is 10.6. The van der Waals surface area contributed by atoms with Crippen LogP contribution in [0.1, 0.15) is 0 Å². The van der Waals surface area contributed by atoms with Gasteiger partial charge in [-0.15, -0.1) is 0 Å². The van der Waals surface area contributed by atoms with E-state index in [-0.39, 0.29) is 11.9 Å². The van der Waals surface area contributed by atoms with Gasteiger partial charge in [-0.05, 0) is 22.0 Å². The highest BCUT2D eigenvalue weighted by Gasteiger charge is 1.98. The van der Waals surface area contributed by atoms with E-state index in [4.69, 9.17) is 0 Å². The third-order valence-corrected chi connectivity index (χ3v) is 1.45. The Balaban J connectivity index is 2.71. The average molecular weight is 228 g/mol. The second-order valence-corrected chi connectivity index (χ2v) is 2.83. The van der Waals surface area contributed by atoms with Crippen molar-refractivity contribution in [3.63, 3.8) is 0 Å². The van der Waals surface area contributed by atoms with Gasteiger partial charge in [0, 0.05) is 12.4 Å². The fourth-order valence-electron chi connectivity index (χ4n) is 0.538. The van der Waals surface area contributed by atoms with Crippen LogP contribution in [0.4, 0.5) is 5.95 Å². The Bertz CT molecular complexity index is 296. The predicted molar refractivity (Wildman–Crippen MR) is 48.6 cm³/mol. The van der Waals surface area contributed by atoms with Gasteiger partial charge in [-0.3, -0.25) is 10.1 Å². The highest BCUT2D eigenvalue weighted by Crippen LogP contribution is 2.06. The minimum Gasteiger partial charge on any atom is -0.291 e. The topological polar surface area (TPSA) is 54.9 Å². The maximum atomic E-state index is 10.7. The average Bonchev–Trinajstić information content (AvgIpc) is 2.09. The van der Waals surface area contributed by atoms with E-state index in [1.165, 1.54) is 0 Å². The Labute approximate surface area is 77.9 Å². The zero-order chi connectivity index (χ0) is 8.97. The first-order valence-electron chi connectivity index (χ1n) is 3.13. The number of carbonyl (C=O) groups excluding carboxylic acids is 1. The van der Waals surface area contributed by atoms with Crippen molar-refractivity contribution in [1.82, 2.24) is 9.97 Å². The van der Waals surface area contributed by atoms with Crippen LogP contribution in [0.5, 0.6) is 0 Å². The third kappa shape index (κ3) is 2.43. The Morgan fingerprint density at radius 1 is 1.58 bits per heavy atom. The molecule has 5 heteroatoms. The third-order valence-electron chi connectivity index (χ3n) is 1.04. The molecular formula is C7H6BrN3O. The summed E-state index contributed by atoms with van der Waals surface area (Å²) in [6.07, 6.45) is 4.25. The maximum Gasteiger partial charge on any atom is 0.250 e. The normalized spacial score (nSPS) is 9.08. The number of rotatable bonds is 2. The lowest BCUT2D eigenvalue weighted by molar-refractivity contribution is -0.111. The number of nitrogens with one attached hydrogen (secondary N) is 1. The molecular weight excluding hydrogens is 222 g/mol. The molecule has 0 aliphatic rings. The van der Waals surface area contributed by atoms with Crippen LogP contribution in [0.2, 0.25) is 0 Å². The summed E-state index contributed by atoms with van der Waals surface area (Å²) < 4.78 is 0.763. The Hall–Kier alpha value is -1.23. The van der Waals surface area contributed by atoms with Gasteiger partial charge in [0.15, 0.2) is 0 Å². The van der Waals surface area contributed by atoms with Crippen LogP contribution in [-0.4, -0.2) is 15.9 Å². The Morgan fingerprint density at radius 2 is 2.17 bits per heavy atom. The summed E-state index contributed by atoms with van der Waals surface area (Å²) in [7, 11) is 0. The molecule has 1 heterocycles. The van der Waals surface area contributed by atoms with Crippen molar-refractivity contribution in [2.75, 3.05) is 5.32 Å². The van der Waals surface area contributed by atoms with E-state index in [1.54, 1.807) is 12.4 Å². The first-order valence-corrected chi connectivity index (χ1v) is 3.92. The lowest BCUT2D eigenvalue weighted by Crippen LogP contribution is -2.09. The number of hydrogen-bond donors (Lipinski definition) is 1. The van der Waals surface area contributed by atoms with Gasteiger partial charge in [0.25, 0.3) is 0 Å². The Morgan fingerprint density at radius 3 is 2.67 bits per heavy atom. The van der Waals surface area contributed by atoms with E-state index in [0.717, 1.165) is 10.5 Å². The molecule has 0 bridgehead atoms. The highest BCUT2D eigenvalue weighted by atomic mass is 79.9. The minimum atomic E-state index is -0.322. The van der Waals surface area contributed by atoms with E-state index in [2.05, 4.69) is 37.8 Å². The van der Waals surface area contributed by atoms with Crippen molar-refractivity contribution in [1.29, 1.82) is 0 Å². The molecule has 1 aromatic heterocycles. The molecule has 0 aliphatic heterocycles. The standard InChI is InChI=1S/C7H6BrN3O/c1-2-6(12)11-7-9-3-5(8)4-10-7/h2-4H,1H2,(H,9,10,11,12). The summed E-state index contributed by atoms with van der Waals surface area (Å²) >= 11 is 3.17. The molecule has 0 saturated carbocycles. The van der Waals surface area contributed by atoms with Crippen LogP contribution in [0.15, 0.2) is 29.5 Å². The van der Waals surface area contributed by atoms with Crippen molar-refractivity contribution in [3.05, 3.63) is 29.5 Å². The molecule has 0 aliphatic carbocycles. The number of halogens is 1. The van der Waals surface area contributed by atoms with Gasteiger partial charge in [-0.25, -0.2) is 9.97 Å². The summed E-state index contributed by atoms with van der Waals surface area (Å²) in [4.78, 5) is 18.4. The number of hydrogen-bond acceptors (Lipinski definition) is 3. The monoisotopic (exact) mass is 227 g/mol. The van der Waals surface area contributed by atoms with Gasteiger partial charge >= 0.3 is 0 Å². The van der Waals surface area contributed by atoms with Gasteiger partial charge in [-0.2, -0.15) is 0 Å². The van der Waals surface area contributed by atoms with Gasteiger partial charge in [-0.1, -0.05) is 6.58 Å². The van der Waals surface area contributed by atoms with E-state index in [9.17, 15) is 4.79 Å². The lowest BCUT2D eigenvalue weighted by Gasteiger charge is -1.97. The molecule has 0 atom stereocenters. The number of carbonyl (C=O) groups is 1. The minimum absolute atomic E-state index is 0.267. The summed E-state index contributed by atoms with van der Waals surface area (Å²) in [6.45, 7) is 3.30. The quantitative estimate of drug-likeness (QED) is 0.777. The van der Waals surface area contributed by atoms with Crippen LogP contribution >= 0.6 is 15.9 Å². The van der Waals surface area contributed by atoms with Crippen molar-refractivity contribution in [3.8, 4) is 0 Å². The van der Waals surface area contributed by atoms with E-state index in [1.807, 2.05) is 0 Å². The molecule has 1 N–H and O–H groups in total. The van der Waals surface area contributed by atoms with Gasteiger partial charge in [0.2, 0.25) is 11.9 Å². The maximum absolute atomic E-state index is 10.7. The fraction of sp³-hybridized carbons (Fsp3) is 0. The molecule has 0 spiro atoms. The van der Waals surface area contributed by atoms with Crippen LogP contribution in [0, 0.1) is 0 Å². The van der Waals surface area contributed by atoms with Crippen LogP contribution in [-0.2, 0) is 4.79 Å². The molecule has 62 valence electrons. The van der Waals surface area contributed by atoms with E-state index in [0.29, 0.717) is 0 Å². The number of nitrogens with zero attached hydrogens (tertiary/aromatic N) is 2. The largest absolute Gasteiger partial charge is 0.291 e. The first-order chi connectivity index (χ1) is 5.72. The zero-order valence-corrected chi connectivity index (χ0v) is 7.71. The molecule has 0 radical (unpaired) electrons. The molecule has 1 amide bonds. The Kier molecular flexibility index (Phi) is 2.93. The second kappa shape index (κ2) is 3.96. The summed E-state index contributed by atoms with van der Waals surface area (Å²) in [6, 6.07) is 0. The smallest absolute Gasteiger partial charge is 0.250 e. The summed E-state index contributed by atoms with van der Waals surface area (Å²) in [5.74, 6) is -0.0552. The second-order valence-electron chi connectivity index (χ2n) is 1.92. The molecule has 1 aromatic rings. The van der Waals surface area contributed by atoms with Crippen molar-refractivity contribution >= 4 is 27.8 Å². The predicted octanol–water partition coefficient (Wildman–Crippen LogP) is 1.36. The SMILES string of the molecule is C=CC(=O)Nc1ncc(Br)cn1. The van der Waals surface area contributed by atoms with E-state index >= 15 is 0 Å². The number of aromatic nitrogens is 2. The van der Waals surface area contributed by atoms with Crippen LogP contribution < -0.4 is 5.32 Å². The fourth-order valence-corrected chi connectivity index (χ4v) is 0.743. The van der Waals surface area contributed by atoms with Gasteiger partial charge in [0.05, 0.1) is 4.47 Å². The molecule has 0 fully saturated rings. The van der Waals surface area contributed by atoms with Crippen molar-refractivity contribution < 1.29 is 4.79 Å². The molecule has 12 heavy (non-hydrogen) atoms. The van der Waals surface area contributed by atoms with E-state index < -0.39 is 0 Å². The molecule has 4 nitrogen and oxygen atoms in total.